The maximum atomic E-state index is 11.9. The van der Waals surface area contributed by atoms with Crippen molar-refractivity contribution in [2.45, 2.75) is 38.4 Å². The molecule has 2 atom stereocenters. The van der Waals surface area contributed by atoms with Crippen molar-refractivity contribution in [1.82, 2.24) is 5.43 Å². The second-order valence-electron chi connectivity index (χ2n) is 5.09. The lowest BCUT2D eigenvalue weighted by Gasteiger charge is -2.24. The summed E-state index contributed by atoms with van der Waals surface area (Å²) in [4.78, 5) is 11.9. The molecule has 0 bridgehead atoms. The van der Waals surface area contributed by atoms with Crippen molar-refractivity contribution < 1.29 is 14.3 Å². The molecule has 2 unspecified atom stereocenters. The second kappa shape index (κ2) is 8.36. The minimum absolute atomic E-state index is 0.119. The van der Waals surface area contributed by atoms with E-state index in [0.717, 1.165) is 29.6 Å². The van der Waals surface area contributed by atoms with Gasteiger partial charge in [0, 0.05) is 11.1 Å². The number of nitrogens with one attached hydrogen (secondary N) is 2. The molecule has 1 amide bonds. The van der Waals surface area contributed by atoms with E-state index in [-0.39, 0.29) is 12.0 Å². The first-order valence-electron chi connectivity index (χ1n) is 7.20. The van der Waals surface area contributed by atoms with Crippen molar-refractivity contribution in [2.75, 3.05) is 18.6 Å². The Bertz CT molecular complexity index is 447. The zero-order valence-corrected chi connectivity index (χ0v) is 13.7. The predicted octanol–water partition coefficient (Wildman–Crippen LogP) is 2.87. The number of hydrogen-bond acceptors (Lipinski definition) is 4. The monoisotopic (exact) mass is 356 g/mol. The number of carbonyl (C=O) groups is 1. The van der Waals surface area contributed by atoms with Gasteiger partial charge in [0.25, 0.3) is 5.91 Å². The third-order valence-corrected chi connectivity index (χ3v) is 3.88. The number of ether oxygens (including phenoxy) is 2. The van der Waals surface area contributed by atoms with E-state index in [1.807, 2.05) is 24.3 Å². The van der Waals surface area contributed by atoms with Gasteiger partial charge in [-0.2, -0.15) is 0 Å². The molecule has 21 heavy (non-hydrogen) atoms. The van der Waals surface area contributed by atoms with E-state index >= 15 is 0 Å². The fourth-order valence-corrected chi connectivity index (χ4v) is 2.30. The second-order valence-corrected chi connectivity index (χ2v) is 6.00. The topological polar surface area (TPSA) is 59.6 Å². The number of carbonyl (C=O) groups excluding carboxylic acids is 1. The predicted molar refractivity (Wildman–Crippen MR) is 84.9 cm³/mol. The van der Waals surface area contributed by atoms with Crippen LogP contribution < -0.4 is 10.9 Å². The summed E-state index contributed by atoms with van der Waals surface area (Å²) in [6, 6.07) is 7.53. The van der Waals surface area contributed by atoms with Crippen LogP contribution in [0.3, 0.4) is 0 Å². The summed E-state index contributed by atoms with van der Waals surface area (Å²) >= 11 is 3.36. The lowest BCUT2D eigenvalue weighted by atomic mass is 10.1. The molecule has 0 spiro atoms. The molecule has 0 radical (unpaired) electrons. The summed E-state index contributed by atoms with van der Waals surface area (Å²) in [6.07, 6.45) is 2.89. The highest BCUT2D eigenvalue weighted by Crippen LogP contribution is 2.14. The summed E-state index contributed by atoms with van der Waals surface area (Å²) < 4.78 is 12.1. The van der Waals surface area contributed by atoms with Crippen LogP contribution in [0.4, 0.5) is 5.69 Å². The lowest BCUT2D eigenvalue weighted by molar-refractivity contribution is -0.135. The summed E-state index contributed by atoms with van der Waals surface area (Å²) in [7, 11) is 0. The van der Waals surface area contributed by atoms with Crippen molar-refractivity contribution in [3.8, 4) is 0 Å². The first-order chi connectivity index (χ1) is 10.1. The van der Waals surface area contributed by atoms with Crippen molar-refractivity contribution in [3.63, 3.8) is 0 Å². The van der Waals surface area contributed by atoms with E-state index in [1.54, 1.807) is 6.92 Å². The van der Waals surface area contributed by atoms with Crippen LogP contribution in [0.1, 0.15) is 26.2 Å². The fourth-order valence-electron chi connectivity index (χ4n) is 2.03. The summed E-state index contributed by atoms with van der Waals surface area (Å²) in [6.45, 7) is 2.99. The van der Waals surface area contributed by atoms with Crippen LogP contribution in [0.25, 0.3) is 0 Å². The minimum Gasteiger partial charge on any atom is -0.376 e. The maximum Gasteiger partial charge on any atom is 0.267 e. The van der Waals surface area contributed by atoms with Gasteiger partial charge in [0.1, 0.15) is 6.10 Å². The van der Waals surface area contributed by atoms with Gasteiger partial charge < -0.3 is 9.47 Å². The molecule has 1 aliphatic rings. The molecular weight excluding hydrogens is 336 g/mol. The Hall–Kier alpha value is -1.11. The largest absolute Gasteiger partial charge is 0.376 e. The first-order valence-corrected chi connectivity index (χ1v) is 7.99. The van der Waals surface area contributed by atoms with Gasteiger partial charge >= 0.3 is 0 Å². The van der Waals surface area contributed by atoms with Gasteiger partial charge in [-0.3, -0.25) is 15.6 Å². The lowest BCUT2D eigenvalue weighted by Crippen LogP contribution is -2.39. The van der Waals surface area contributed by atoms with Crippen LogP contribution >= 0.6 is 15.9 Å². The average molecular weight is 357 g/mol. The zero-order chi connectivity index (χ0) is 15.1. The molecule has 1 aliphatic heterocycles. The van der Waals surface area contributed by atoms with Crippen molar-refractivity contribution in [3.05, 3.63) is 28.7 Å². The van der Waals surface area contributed by atoms with E-state index in [2.05, 4.69) is 26.8 Å². The fraction of sp³-hybridized carbons (Fsp3) is 0.533. The molecule has 0 aliphatic carbocycles. The number of halogens is 1. The number of rotatable bonds is 6. The van der Waals surface area contributed by atoms with Gasteiger partial charge in [-0.25, -0.2) is 0 Å². The third kappa shape index (κ3) is 5.65. The van der Waals surface area contributed by atoms with Crippen LogP contribution in [-0.4, -0.2) is 31.3 Å². The number of amides is 1. The van der Waals surface area contributed by atoms with Crippen LogP contribution in [-0.2, 0) is 14.3 Å². The molecule has 1 heterocycles. The first kappa shape index (κ1) is 16.3. The Morgan fingerprint density at radius 2 is 2.19 bits per heavy atom. The molecule has 0 saturated carbocycles. The molecule has 116 valence electrons. The minimum atomic E-state index is -0.515. The molecule has 1 saturated heterocycles. The Balaban J connectivity index is 1.68. The Labute approximate surface area is 133 Å². The summed E-state index contributed by atoms with van der Waals surface area (Å²) in [5.74, 6) is -0.200. The normalized spacial score (nSPS) is 19.8. The molecule has 1 aromatic carbocycles. The van der Waals surface area contributed by atoms with Gasteiger partial charge in [-0.05, 0) is 50.5 Å². The van der Waals surface area contributed by atoms with Crippen molar-refractivity contribution in [1.29, 1.82) is 0 Å². The zero-order valence-electron chi connectivity index (χ0n) is 12.1. The van der Waals surface area contributed by atoms with Crippen LogP contribution in [0.5, 0.6) is 0 Å². The standard InChI is InChI=1S/C15H21BrN2O3/c1-11(21-10-14-4-2-3-9-20-14)15(19)18-17-13-7-5-12(16)6-8-13/h5-8,11,14,17H,2-4,9-10H2,1H3,(H,18,19). The smallest absolute Gasteiger partial charge is 0.267 e. The Kier molecular flexibility index (Phi) is 6.48. The summed E-state index contributed by atoms with van der Waals surface area (Å²) in [5.41, 5.74) is 6.31. The Morgan fingerprint density at radius 1 is 1.43 bits per heavy atom. The van der Waals surface area contributed by atoms with Crippen LogP contribution in [0, 0.1) is 0 Å². The van der Waals surface area contributed by atoms with Gasteiger partial charge in [0.05, 0.1) is 18.4 Å². The number of hydrogen-bond donors (Lipinski definition) is 2. The average Bonchev–Trinajstić information content (AvgIpc) is 2.52. The maximum absolute atomic E-state index is 11.9. The van der Waals surface area contributed by atoms with Gasteiger partial charge in [-0.1, -0.05) is 15.9 Å². The number of benzene rings is 1. The quantitative estimate of drug-likeness (QED) is 0.769. The van der Waals surface area contributed by atoms with E-state index in [9.17, 15) is 4.79 Å². The van der Waals surface area contributed by atoms with Gasteiger partial charge in [0.2, 0.25) is 0 Å². The highest BCUT2D eigenvalue weighted by atomic mass is 79.9. The van der Waals surface area contributed by atoms with E-state index < -0.39 is 6.10 Å². The molecule has 2 N–H and O–H groups in total. The van der Waals surface area contributed by atoms with Crippen molar-refractivity contribution >= 4 is 27.5 Å². The van der Waals surface area contributed by atoms with Gasteiger partial charge in [-0.15, -0.1) is 0 Å². The molecule has 1 aromatic rings. The highest BCUT2D eigenvalue weighted by molar-refractivity contribution is 9.10. The highest BCUT2D eigenvalue weighted by Gasteiger charge is 2.18. The number of anilines is 1. The molecule has 6 heteroatoms. The molecule has 0 aromatic heterocycles. The molecular formula is C15H21BrN2O3. The molecule has 2 rings (SSSR count). The molecule has 5 nitrogen and oxygen atoms in total. The van der Waals surface area contributed by atoms with E-state index in [4.69, 9.17) is 9.47 Å². The van der Waals surface area contributed by atoms with E-state index in [1.165, 1.54) is 6.42 Å². The SMILES string of the molecule is CC(OCC1CCCCO1)C(=O)NNc1ccc(Br)cc1. The third-order valence-electron chi connectivity index (χ3n) is 3.35. The summed E-state index contributed by atoms with van der Waals surface area (Å²) in [5, 5.41) is 0. The molecule has 1 fully saturated rings. The van der Waals surface area contributed by atoms with Crippen LogP contribution in [0.2, 0.25) is 0 Å². The van der Waals surface area contributed by atoms with Crippen LogP contribution in [0.15, 0.2) is 28.7 Å². The number of hydrazine groups is 1. The Morgan fingerprint density at radius 3 is 2.86 bits per heavy atom. The van der Waals surface area contributed by atoms with E-state index in [0.29, 0.717) is 6.61 Å². The van der Waals surface area contributed by atoms with Crippen molar-refractivity contribution in [2.24, 2.45) is 0 Å². The van der Waals surface area contributed by atoms with Gasteiger partial charge in [0.15, 0.2) is 0 Å².